The summed E-state index contributed by atoms with van der Waals surface area (Å²) in [6.07, 6.45) is 0.659. The second-order valence-electron chi connectivity index (χ2n) is 6.24. The van der Waals surface area contributed by atoms with E-state index >= 15 is 0 Å². The van der Waals surface area contributed by atoms with Crippen LogP contribution < -0.4 is 5.32 Å². The van der Waals surface area contributed by atoms with Crippen molar-refractivity contribution in [2.75, 3.05) is 11.1 Å². The molecule has 0 atom stereocenters. The second-order valence-corrected chi connectivity index (χ2v) is 8.06. The van der Waals surface area contributed by atoms with Crippen LogP contribution in [0.1, 0.15) is 23.9 Å². The molecule has 3 rings (SSSR count). The van der Waals surface area contributed by atoms with Gasteiger partial charge in [-0.25, -0.2) is 0 Å². The van der Waals surface area contributed by atoms with Gasteiger partial charge in [-0.05, 0) is 49.2 Å². The minimum absolute atomic E-state index is 0.111. The number of carbonyl (C=O) groups is 1. The van der Waals surface area contributed by atoms with Crippen molar-refractivity contribution < 1.29 is 4.79 Å². The van der Waals surface area contributed by atoms with Gasteiger partial charge >= 0.3 is 0 Å². The molecule has 3 aromatic rings. The van der Waals surface area contributed by atoms with E-state index in [2.05, 4.69) is 15.5 Å². The molecule has 5 nitrogen and oxygen atoms in total. The van der Waals surface area contributed by atoms with Gasteiger partial charge in [-0.1, -0.05) is 53.2 Å². The maximum absolute atomic E-state index is 12.3. The van der Waals surface area contributed by atoms with Gasteiger partial charge in [0, 0.05) is 28.7 Å². The fourth-order valence-corrected chi connectivity index (χ4v) is 3.82. The van der Waals surface area contributed by atoms with Crippen LogP contribution in [0.2, 0.25) is 10.0 Å². The van der Waals surface area contributed by atoms with Gasteiger partial charge in [-0.2, -0.15) is 0 Å². The van der Waals surface area contributed by atoms with Crippen molar-refractivity contribution in [3.63, 3.8) is 0 Å². The fourth-order valence-electron chi connectivity index (χ4n) is 2.70. The van der Waals surface area contributed by atoms with Crippen molar-refractivity contribution in [2.45, 2.75) is 32.0 Å². The van der Waals surface area contributed by atoms with Crippen LogP contribution in [0.3, 0.4) is 0 Å². The van der Waals surface area contributed by atoms with Crippen molar-refractivity contribution in [3.05, 3.63) is 69.5 Å². The lowest BCUT2D eigenvalue weighted by atomic mass is 10.1. The number of nitrogens with zero attached hydrogens (tertiary/aromatic N) is 3. The molecule has 1 N–H and O–H groups in total. The highest BCUT2D eigenvalue weighted by Gasteiger charge is 2.14. The third kappa shape index (κ3) is 5.28. The lowest BCUT2D eigenvalue weighted by Gasteiger charge is -2.09. The van der Waals surface area contributed by atoms with E-state index in [9.17, 15) is 4.79 Å². The Morgan fingerprint density at radius 1 is 1.11 bits per heavy atom. The lowest BCUT2D eigenvalue weighted by molar-refractivity contribution is -0.113. The second kappa shape index (κ2) is 9.45. The Kier molecular flexibility index (Phi) is 6.99. The highest BCUT2D eigenvalue weighted by Crippen LogP contribution is 2.22. The Morgan fingerprint density at radius 2 is 1.82 bits per heavy atom. The van der Waals surface area contributed by atoms with Crippen LogP contribution in [0.4, 0.5) is 5.69 Å². The molecular formula is C20H20Cl2N4OS. The zero-order valence-electron chi connectivity index (χ0n) is 15.6. The quantitative estimate of drug-likeness (QED) is 0.516. The zero-order valence-corrected chi connectivity index (χ0v) is 17.9. The first-order valence-electron chi connectivity index (χ1n) is 8.81. The van der Waals surface area contributed by atoms with Crippen LogP contribution in [0.25, 0.3) is 0 Å². The zero-order chi connectivity index (χ0) is 20.1. The first-order valence-corrected chi connectivity index (χ1v) is 10.6. The monoisotopic (exact) mass is 434 g/mol. The van der Waals surface area contributed by atoms with Gasteiger partial charge in [0.25, 0.3) is 0 Å². The van der Waals surface area contributed by atoms with Crippen molar-refractivity contribution in [2.24, 2.45) is 0 Å². The largest absolute Gasteiger partial charge is 0.325 e. The van der Waals surface area contributed by atoms with E-state index in [0.29, 0.717) is 16.5 Å². The molecular weight excluding hydrogens is 415 g/mol. The number of hydrogen-bond acceptors (Lipinski definition) is 4. The smallest absolute Gasteiger partial charge is 0.234 e. The van der Waals surface area contributed by atoms with Gasteiger partial charge in [0.1, 0.15) is 5.82 Å². The molecule has 146 valence electrons. The number of aryl methyl sites for hydroxylation is 1. The van der Waals surface area contributed by atoms with E-state index in [4.69, 9.17) is 23.2 Å². The topological polar surface area (TPSA) is 59.8 Å². The average molecular weight is 435 g/mol. The van der Waals surface area contributed by atoms with Crippen LogP contribution in [0.15, 0.2) is 47.6 Å². The molecule has 0 aliphatic heterocycles. The third-order valence-electron chi connectivity index (χ3n) is 4.19. The maximum Gasteiger partial charge on any atom is 0.234 e. The molecule has 1 amide bonds. The molecule has 0 saturated heterocycles. The van der Waals surface area contributed by atoms with E-state index in [-0.39, 0.29) is 11.7 Å². The van der Waals surface area contributed by atoms with Crippen LogP contribution in [0.5, 0.6) is 0 Å². The van der Waals surface area contributed by atoms with Crippen molar-refractivity contribution >= 4 is 46.6 Å². The number of benzene rings is 2. The first kappa shape index (κ1) is 20.7. The highest BCUT2D eigenvalue weighted by atomic mass is 35.5. The standard InChI is InChI=1S/C20H20Cl2N4OS/c1-3-26-18(10-14-5-8-15(21)9-6-14)24-25-20(26)28-12-19(27)23-17-11-16(22)7-4-13(17)2/h4-9,11H,3,10,12H2,1-2H3,(H,23,27). The van der Waals surface area contributed by atoms with Crippen molar-refractivity contribution in [1.82, 2.24) is 14.8 Å². The summed E-state index contributed by atoms with van der Waals surface area (Å²) in [4.78, 5) is 12.3. The predicted molar refractivity (Wildman–Crippen MR) is 115 cm³/mol. The Labute approximate surface area is 178 Å². The summed E-state index contributed by atoms with van der Waals surface area (Å²) in [5.41, 5.74) is 2.79. The number of carbonyl (C=O) groups excluding carboxylic acids is 1. The van der Waals surface area contributed by atoms with Crippen molar-refractivity contribution in [3.8, 4) is 0 Å². The fraction of sp³-hybridized carbons (Fsp3) is 0.250. The highest BCUT2D eigenvalue weighted by molar-refractivity contribution is 7.99. The Hall–Kier alpha value is -2.02. The van der Waals surface area contributed by atoms with Crippen LogP contribution in [-0.4, -0.2) is 26.4 Å². The van der Waals surface area contributed by atoms with E-state index in [1.54, 1.807) is 12.1 Å². The molecule has 28 heavy (non-hydrogen) atoms. The molecule has 0 saturated carbocycles. The molecule has 0 aliphatic rings. The summed E-state index contributed by atoms with van der Waals surface area (Å²) in [5, 5.41) is 13.5. The number of rotatable bonds is 7. The van der Waals surface area contributed by atoms with Gasteiger partial charge in [0.15, 0.2) is 5.16 Å². The van der Waals surface area contributed by atoms with Crippen LogP contribution >= 0.6 is 35.0 Å². The number of nitrogens with one attached hydrogen (secondary N) is 1. The van der Waals surface area contributed by atoms with E-state index in [0.717, 1.165) is 34.3 Å². The molecule has 0 aliphatic carbocycles. The summed E-state index contributed by atoms with van der Waals surface area (Å²) in [7, 11) is 0. The van der Waals surface area contributed by atoms with Gasteiger partial charge < -0.3 is 9.88 Å². The Balaban J connectivity index is 1.64. The number of halogens is 2. The third-order valence-corrected chi connectivity index (χ3v) is 5.65. The van der Waals surface area contributed by atoms with Crippen LogP contribution in [-0.2, 0) is 17.8 Å². The number of hydrogen-bond donors (Lipinski definition) is 1. The molecule has 8 heteroatoms. The number of aromatic nitrogens is 3. The first-order chi connectivity index (χ1) is 13.5. The number of amides is 1. The SMILES string of the molecule is CCn1c(Cc2ccc(Cl)cc2)nnc1SCC(=O)Nc1cc(Cl)ccc1C. The molecule has 0 radical (unpaired) electrons. The summed E-state index contributed by atoms with van der Waals surface area (Å²) in [6.45, 7) is 4.69. The molecule has 0 fully saturated rings. The summed E-state index contributed by atoms with van der Waals surface area (Å²) in [5.74, 6) is 0.990. The normalized spacial score (nSPS) is 10.9. The Bertz CT molecular complexity index is 973. The maximum atomic E-state index is 12.3. The van der Waals surface area contributed by atoms with Crippen LogP contribution in [0, 0.1) is 6.92 Å². The molecule has 0 spiro atoms. The molecule has 0 unspecified atom stereocenters. The minimum Gasteiger partial charge on any atom is -0.325 e. The minimum atomic E-state index is -0.111. The predicted octanol–water partition coefficient (Wildman–Crippen LogP) is 5.23. The lowest BCUT2D eigenvalue weighted by Crippen LogP contribution is -2.15. The van der Waals surface area contributed by atoms with Gasteiger partial charge in [0.2, 0.25) is 5.91 Å². The van der Waals surface area contributed by atoms with E-state index in [1.807, 2.05) is 48.7 Å². The number of anilines is 1. The van der Waals surface area contributed by atoms with Gasteiger partial charge in [-0.3, -0.25) is 4.79 Å². The summed E-state index contributed by atoms with van der Waals surface area (Å²) < 4.78 is 2.02. The van der Waals surface area contributed by atoms with E-state index in [1.165, 1.54) is 11.8 Å². The molecule has 0 bridgehead atoms. The van der Waals surface area contributed by atoms with Gasteiger partial charge in [0.05, 0.1) is 5.75 Å². The van der Waals surface area contributed by atoms with E-state index < -0.39 is 0 Å². The average Bonchev–Trinajstić information content (AvgIpc) is 3.06. The molecule has 1 heterocycles. The number of thioether (sulfide) groups is 1. The van der Waals surface area contributed by atoms with Crippen molar-refractivity contribution in [1.29, 1.82) is 0 Å². The Morgan fingerprint density at radius 3 is 2.54 bits per heavy atom. The molecule has 2 aromatic carbocycles. The summed E-state index contributed by atoms with van der Waals surface area (Å²) in [6, 6.07) is 13.1. The molecule has 1 aromatic heterocycles. The van der Waals surface area contributed by atoms with Gasteiger partial charge in [-0.15, -0.1) is 10.2 Å². The summed E-state index contributed by atoms with van der Waals surface area (Å²) >= 11 is 13.3.